The van der Waals surface area contributed by atoms with Crippen LogP contribution in [0.15, 0.2) is 24.3 Å². The molecule has 1 saturated heterocycles. The van der Waals surface area contributed by atoms with Crippen LogP contribution in [0.2, 0.25) is 0 Å². The predicted molar refractivity (Wildman–Crippen MR) is 80.0 cm³/mol. The van der Waals surface area contributed by atoms with E-state index >= 15 is 0 Å². The van der Waals surface area contributed by atoms with E-state index in [0.29, 0.717) is 6.04 Å². The molecule has 104 valence electrons. The normalized spacial score (nSPS) is 22.9. The molecule has 1 aliphatic rings. The zero-order valence-corrected chi connectivity index (χ0v) is 12.4. The molecular weight excluding hydrogens is 236 g/mol. The van der Waals surface area contributed by atoms with Crippen molar-refractivity contribution in [3.05, 3.63) is 29.8 Å². The van der Waals surface area contributed by atoms with Crippen molar-refractivity contribution in [2.24, 2.45) is 0 Å². The quantitative estimate of drug-likeness (QED) is 0.830. The van der Waals surface area contributed by atoms with Gasteiger partial charge in [-0.25, -0.2) is 0 Å². The summed E-state index contributed by atoms with van der Waals surface area (Å²) in [4.78, 5) is 13.8. The molecule has 0 radical (unpaired) electrons. The van der Waals surface area contributed by atoms with Crippen molar-refractivity contribution in [3.8, 4) is 0 Å². The van der Waals surface area contributed by atoms with Gasteiger partial charge in [-0.2, -0.15) is 0 Å². The van der Waals surface area contributed by atoms with Crippen LogP contribution in [0.5, 0.6) is 0 Å². The highest BCUT2D eigenvalue weighted by atomic mass is 16.1. The Morgan fingerprint density at radius 3 is 2.53 bits per heavy atom. The molecule has 0 aromatic heterocycles. The molecule has 3 nitrogen and oxygen atoms in total. The van der Waals surface area contributed by atoms with Crippen LogP contribution in [0.1, 0.15) is 44.5 Å². The smallest absolute Gasteiger partial charge is 0.159 e. The Hall–Kier alpha value is -1.35. The average Bonchev–Trinajstić information content (AvgIpc) is 2.47. The van der Waals surface area contributed by atoms with Crippen LogP contribution < -0.4 is 10.2 Å². The van der Waals surface area contributed by atoms with E-state index in [1.807, 2.05) is 12.1 Å². The third-order valence-electron chi connectivity index (χ3n) is 3.94. The van der Waals surface area contributed by atoms with E-state index in [1.165, 1.54) is 5.69 Å². The fourth-order valence-corrected chi connectivity index (χ4v) is 2.98. The average molecular weight is 260 g/mol. The van der Waals surface area contributed by atoms with Crippen molar-refractivity contribution in [1.29, 1.82) is 0 Å². The Labute approximate surface area is 116 Å². The van der Waals surface area contributed by atoms with Crippen molar-refractivity contribution in [1.82, 2.24) is 5.32 Å². The summed E-state index contributed by atoms with van der Waals surface area (Å²) in [6, 6.07) is 8.49. The molecule has 1 aliphatic heterocycles. The van der Waals surface area contributed by atoms with Crippen molar-refractivity contribution < 1.29 is 4.79 Å². The molecular formula is C16H24N2O. The second kappa shape index (κ2) is 5.33. The fraction of sp³-hybridized carbons (Fsp3) is 0.562. The molecule has 0 saturated carbocycles. The lowest BCUT2D eigenvalue weighted by Gasteiger charge is -2.42. The highest BCUT2D eigenvalue weighted by Gasteiger charge is 2.32. The molecule has 0 amide bonds. The molecule has 1 aromatic rings. The summed E-state index contributed by atoms with van der Waals surface area (Å²) < 4.78 is 0. The molecule has 0 spiro atoms. The summed E-state index contributed by atoms with van der Waals surface area (Å²) in [5.74, 6) is 0.122. The van der Waals surface area contributed by atoms with Gasteiger partial charge in [-0.05, 0) is 64.9 Å². The number of nitrogens with zero attached hydrogens (tertiary/aromatic N) is 1. The molecule has 2 rings (SSSR count). The van der Waals surface area contributed by atoms with E-state index in [2.05, 4.69) is 43.1 Å². The van der Waals surface area contributed by atoms with Crippen LogP contribution in [-0.2, 0) is 0 Å². The first-order valence-corrected chi connectivity index (χ1v) is 7.03. The maximum Gasteiger partial charge on any atom is 0.159 e. The van der Waals surface area contributed by atoms with Gasteiger partial charge in [-0.3, -0.25) is 4.79 Å². The van der Waals surface area contributed by atoms with Gasteiger partial charge in [0.2, 0.25) is 0 Å². The number of carbonyl (C=O) groups is 1. The zero-order valence-electron chi connectivity index (χ0n) is 12.4. The highest BCUT2D eigenvalue weighted by molar-refractivity contribution is 5.94. The van der Waals surface area contributed by atoms with Gasteiger partial charge in [0.15, 0.2) is 5.78 Å². The number of benzene rings is 1. The van der Waals surface area contributed by atoms with Crippen LogP contribution in [0.25, 0.3) is 0 Å². The van der Waals surface area contributed by atoms with E-state index in [0.717, 1.165) is 25.1 Å². The summed E-state index contributed by atoms with van der Waals surface area (Å²) in [5, 5.41) is 3.50. The minimum Gasteiger partial charge on any atom is -0.362 e. The lowest BCUT2D eigenvalue weighted by Crippen LogP contribution is -2.52. The van der Waals surface area contributed by atoms with Crippen molar-refractivity contribution in [3.63, 3.8) is 0 Å². The molecule has 1 N–H and O–H groups in total. The number of Topliss-reactive ketones (excluding diaryl/α,β-unsaturated/α-hetero) is 1. The van der Waals surface area contributed by atoms with Crippen LogP contribution in [-0.4, -0.2) is 30.5 Å². The van der Waals surface area contributed by atoms with Crippen molar-refractivity contribution in [2.75, 3.05) is 18.0 Å². The van der Waals surface area contributed by atoms with E-state index in [-0.39, 0.29) is 11.3 Å². The third-order valence-corrected chi connectivity index (χ3v) is 3.94. The summed E-state index contributed by atoms with van der Waals surface area (Å²) >= 11 is 0. The number of rotatable bonds is 2. The van der Waals surface area contributed by atoms with Crippen LogP contribution in [0.4, 0.5) is 5.69 Å². The SMILES string of the molecule is CC(=O)c1ccc(N2C(C)CCNCC2(C)C)cc1. The molecule has 3 heteroatoms. The molecule has 1 heterocycles. The molecule has 0 aliphatic carbocycles. The minimum atomic E-state index is 0.0770. The van der Waals surface area contributed by atoms with Crippen LogP contribution in [0, 0.1) is 0 Å². The van der Waals surface area contributed by atoms with E-state index in [4.69, 9.17) is 0 Å². The molecule has 0 bridgehead atoms. The highest BCUT2D eigenvalue weighted by Crippen LogP contribution is 2.29. The molecule has 1 fully saturated rings. The number of ketones is 1. The maximum absolute atomic E-state index is 11.4. The summed E-state index contributed by atoms with van der Waals surface area (Å²) in [6.07, 6.45) is 1.14. The lowest BCUT2D eigenvalue weighted by molar-refractivity contribution is 0.101. The fourth-order valence-electron chi connectivity index (χ4n) is 2.98. The largest absolute Gasteiger partial charge is 0.362 e. The first-order chi connectivity index (χ1) is 8.92. The minimum absolute atomic E-state index is 0.0770. The molecule has 1 unspecified atom stereocenters. The van der Waals surface area contributed by atoms with Gasteiger partial charge >= 0.3 is 0 Å². The predicted octanol–water partition coefficient (Wildman–Crippen LogP) is 2.86. The third kappa shape index (κ3) is 2.98. The number of hydrogen-bond acceptors (Lipinski definition) is 3. The van der Waals surface area contributed by atoms with Crippen LogP contribution in [0.3, 0.4) is 0 Å². The van der Waals surface area contributed by atoms with Gasteiger partial charge in [0.25, 0.3) is 0 Å². The Morgan fingerprint density at radius 1 is 1.32 bits per heavy atom. The monoisotopic (exact) mass is 260 g/mol. The van der Waals surface area contributed by atoms with Gasteiger partial charge in [-0.1, -0.05) is 0 Å². The Bertz CT molecular complexity index is 450. The van der Waals surface area contributed by atoms with Crippen molar-refractivity contribution >= 4 is 11.5 Å². The van der Waals surface area contributed by atoms with E-state index in [1.54, 1.807) is 6.92 Å². The Balaban J connectivity index is 2.33. The Morgan fingerprint density at radius 2 is 1.95 bits per heavy atom. The first-order valence-electron chi connectivity index (χ1n) is 7.03. The van der Waals surface area contributed by atoms with Gasteiger partial charge < -0.3 is 10.2 Å². The summed E-state index contributed by atoms with van der Waals surface area (Å²) in [5.41, 5.74) is 2.06. The topological polar surface area (TPSA) is 32.3 Å². The van der Waals surface area contributed by atoms with Gasteiger partial charge in [0.05, 0.1) is 0 Å². The number of carbonyl (C=O) groups excluding carboxylic acids is 1. The van der Waals surface area contributed by atoms with Crippen LogP contribution >= 0.6 is 0 Å². The van der Waals surface area contributed by atoms with Gasteiger partial charge in [-0.15, -0.1) is 0 Å². The second-order valence-electron chi connectivity index (χ2n) is 6.10. The number of nitrogens with one attached hydrogen (secondary N) is 1. The van der Waals surface area contributed by atoms with Gasteiger partial charge in [0, 0.05) is 29.4 Å². The zero-order chi connectivity index (χ0) is 14.0. The maximum atomic E-state index is 11.4. The standard InChI is InChI=1S/C16H24N2O/c1-12-9-10-17-11-16(3,4)18(12)15-7-5-14(6-8-15)13(2)19/h5-8,12,17H,9-11H2,1-4H3. The lowest BCUT2D eigenvalue weighted by atomic mass is 9.98. The molecule has 19 heavy (non-hydrogen) atoms. The Kier molecular flexibility index (Phi) is 3.95. The first kappa shape index (κ1) is 14.1. The summed E-state index contributed by atoms with van der Waals surface area (Å²) in [7, 11) is 0. The van der Waals surface area contributed by atoms with Gasteiger partial charge in [0.1, 0.15) is 0 Å². The second-order valence-corrected chi connectivity index (χ2v) is 6.10. The van der Waals surface area contributed by atoms with E-state index in [9.17, 15) is 4.79 Å². The summed E-state index contributed by atoms with van der Waals surface area (Å²) in [6.45, 7) is 10.4. The molecule has 1 aromatic carbocycles. The van der Waals surface area contributed by atoms with E-state index < -0.39 is 0 Å². The molecule has 1 atom stereocenters. The number of hydrogen-bond donors (Lipinski definition) is 1. The van der Waals surface area contributed by atoms with Crippen molar-refractivity contribution in [2.45, 2.75) is 45.7 Å². The number of anilines is 1.